The highest BCUT2D eigenvalue weighted by atomic mass is 16.5. The van der Waals surface area contributed by atoms with E-state index in [1.807, 2.05) is 0 Å². The van der Waals surface area contributed by atoms with Crippen molar-refractivity contribution in [2.75, 3.05) is 32.1 Å². The van der Waals surface area contributed by atoms with Crippen LogP contribution in [0.5, 0.6) is 5.75 Å². The van der Waals surface area contributed by atoms with Crippen LogP contribution in [0.1, 0.15) is 56.7 Å². The van der Waals surface area contributed by atoms with Gasteiger partial charge in [-0.25, -0.2) is 0 Å². The second-order valence-electron chi connectivity index (χ2n) is 8.52. The molecule has 0 radical (unpaired) electrons. The molecule has 152 valence electrons. The van der Waals surface area contributed by atoms with Crippen molar-refractivity contribution in [1.82, 2.24) is 4.90 Å². The first-order chi connectivity index (χ1) is 13.6. The van der Waals surface area contributed by atoms with E-state index < -0.39 is 0 Å². The van der Waals surface area contributed by atoms with Gasteiger partial charge in [-0.15, -0.1) is 0 Å². The largest absolute Gasteiger partial charge is 0.497 e. The minimum absolute atomic E-state index is 0.417. The minimum atomic E-state index is 0.417. The Kier molecular flexibility index (Phi) is 7.38. The summed E-state index contributed by atoms with van der Waals surface area (Å²) in [4.78, 5) is 5.12. The molecule has 3 nitrogen and oxygen atoms in total. The van der Waals surface area contributed by atoms with Crippen molar-refractivity contribution in [3.05, 3.63) is 59.7 Å². The van der Waals surface area contributed by atoms with Gasteiger partial charge in [0.05, 0.1) is 7.11 Å². The van der Waals surface area contributed by atoms with Gasteiger partial charge >= 0.3 is 0 Å². The number of anilines is 1. The Bertz CT molecular complexity index is 720. The lowest BCUT2D eigenvalue weighted by atomic mass is 9.93. The van der Waals surface area contributed by atoms with Gasteiger partial charge in [-0.05, 0) is 68.0 Å². The number of hydrogen-bond donors (Lipinski definition) is 0. The molecule has 0 aromatic heterocycles. The van der Waals surface area contributed by atoms with Gasteiger partial charge in [0, 0.05) is 31.4 Å². The third-order valence-corrected chi connectivity index (χ3v) is 5.81. The summed E-state index contributed by atoms with van der Waals surface area (Å²) in [6.45, 7) is 7.98. The Labute approximate surface area is 171 Å². The molecule has 1 saturated heterocycles. The fraction of sp³-hybridized carbons (Fsp3) is 0.520. The van der Waals surface area contributed by atoms with E-state index in [0.717, 1.165) is 18.7 Å². The highest BCUT2D eigenvalue weighted by Crippen LogP contribution is 2.35. The summed E-state index contributed by atoms with van der Waals surface area (Å²) in [5.41, 5.74) is 4.25. The molecule has 2 aromatic carbocycles. The molecule has 0 spiro atoms. The number of para-hydroxylation sites is 1. The topological polar surface area (TPSA) is 15.7 Å². The van der Waals surface area contributed by atoms with Gasteiger partial charge in [-0.1, -0.05) is 44.2 Å². The number of hydrogen-bond acceptors (Lipinski definition) is 3. The van der Waals surface area contributed by atoms with Crippen molar-refractivity contribution in [3.63, 3.8) is 0 Å². The van der Waals surface area contributed by atoms with Crippen LogP contribution in [-0.4, -0.2) is 32.1 Å². The molecule has 1 aliphatic heterocycles. The fourth-order valence-electron chi connectivity index (χ4n) is 4.31. The number of methoxy groups -OCH3 is 1. The van der Waals surface area contributed by atoms with Gasteiger partial charge in [-0.2, -0.15) is 0 Å². The van der Waals surface area contributed by atoms with Crippen molar-refractivity contribution in [2.45, 2.75) is 52.1 Å². The molecule has 2 aromatic rings. The second kappa shape index (κ2) is 9.97. The highest BCUT2D eigenvalue weighted by Gasteiger charge is 2.24. The smallest absolute Gasteiger partial charge is 0.118 e. The molecule has 1 aliphatic rings. The summed E-state index contributed by atoms with van der Waals surface area (Å²) in [5.74, 6) is 1.57. The maximum absolute atomic E-state index is 5.31. The number of nitrogens with zero attached hydrogens (tertiary/aromatic N) is 2. The van der Waals surface area contributed by atoms with Gasteiger partial charge in [0.2, 0.25) is 0 Å². The Balaban J connectivity index is 1.84. The van der Waals surface area contributed by atoms with Gasteiger partial charge in [0.25, 0.3) is 0 Å². The first-order valence-corrected chi connectivity index (χ1v) is 10.8. The third kappa shape index (κ3) is 5.29. The molecule has 1 atom stereocenters. The van der Waals surface area contributed by atoms with Gasteiger partial charge in [0.15, 0.2) is 0 Å². The van der Waals surface area contributed by atoms with E-state index in [4.69, 9.17) is 4.74 Å². The van der Waals surface area contributed by atoms with Crippen molar-refractivity contribution >= 4 is 5.69 Å². The summed E-state index contributed by atoms with van der Waals surface area (Å²) < 4.78 is 5.31. The zero-order valence-corrected chi connectivity index (χ0v) is 18.0. The Morgan fingerprint density at radius 3 is 2.29 bits per heavy atom. The van der Waals surface area contributed by atoms with Crippen LogP contribution in [0.3, 0.4) is 0 Å². The lowest BCUT2D eigenvalue weighted by Crippen LogP contribution is -2.32. The van der Waals surface area contributed by atoms with E-state index in [1.54, 1.807) is 7.11 Å². The summed E-state index contributed by atoms with van der Waals surface area (Å²) in [6.07, 6.45) is 5.15. The first-order valence-electron chi connectivity index (χ1n) is 10.8. The van der Waals surface area contributed by atoms with Gasteiger partial charge in [-0.3, -0.25) is 4.90 Å². The zero-order valence-electron chi connectivity index (χ0n) is 18.0. The van der Waals surface area contributed by atoms with Gasteiger partial charge < -0.3 is 9.64 Å². The van der Waals surface area contributed by atoms with Crippen molar-refractivity contribution in [2.24, 2.45) is 5.92 Å². The van der Waals surface area contributed by atoms with Crippen LogP contribution >= 0.6 is 0 Å². The van der Waals surface area contributed by atoms with E-state index in [1.165, 1.54) is 49.2 Å². The Morgan fingerprint density at radius 2 is 1.64 bits per heavy atom. The number of rotatable bonds is 8. The van der Waals surface area contributed by atoms with Crippen LogP contribution in [0.25, 0.3) is 0 Å². The van der Waals surface area contributed by atoms with Crippen LogP contribution in [0.15, 0.2) is 48.5 Å². The molecular formula is C25H36N2O. The van der Waals surface area contributed by atoms with Crippen LogP contribution in [0.2, 0.25) is 0 Å². The highest BCUT2D eigenvalue weighted by molar-refractivity contribution is 5.55. The predicted octanol–water partition coefficient (Wildman–Crippen LogP) is 5.90. The lowest BCUT2D eigenvalue weighted by molar-refractivity contribution is 0.207. The molecule has 0 aliphatic carbocycles. The zero-order chi connectivity index (χ0) is 19.9. The van der Waals surface area contributed by atoms with Crippen LogP contribution in [0, 0.1) is 5.92 Å². The molecule has 0 bridgehead atoms. The average Bonchev–Trinajstić information content (AvgIpc) is 2.73. The average molecular weight is 381 g/mol. The number of piperidine rings is 1. The minimum Gasteiger partial charge on any atom is -0.497 e. The van der Waals surface area contributed by atoms with E-state index in [9.17, 15) is 0 Å². The summed E-state index contributed by atoms with van der Waals surface area (Å²) in [6, 6.07) is 18.0. The van der Waals surface area contributed by atoms with Crippen molar-refractivity contribution in [1.29, 1.82) is 0 Å². The monoisotopic (exact) mass is 380 g/mol. The molecule has 3 rings (SSSR count). The summed E-state index contributed by atoms with van der Waals surface area (Å²) >= 11 is 0. The van der Waals surface area contributed by atoms with Crippen LogP contribution < -0.4 is 9.64 Å². The number of benzene rings is 2. The second-order valence-corrected chi connectivity index (χ2v) is 8.52. The Hall–Kier alpha value is -2.00. The third-order valence-electron chi connectivity index (χ3n) is 5.81. The summed E-state index contributed by atoms with van der Waals surface area (Å²) in [7, 11) is 3.99. The van der Waals surface area contributed by atoms with Gasteiger partial charge in [0.1, 0.15) is 5.75 Å². The molecule has 3 heteroatoms. The quantitative estimate of drug-likeness (QED) is 0.566. The predicted molar refractivity (Wildman–Crippen MR) is 119 cm³/mol. The number of ether oxygens (including phenoxy) is 1. The molecule has 0 amide bonds. The van der Waals surface area contributed by atoms with E-state index in [0.29, 0.717) is 12.0 Å². The normalized spacial score (nSPS) is 15.9. The van der Waals surface area contributed by atoms with E-state index in [-0.39, 0.29) is 0 Å². The summed E-state index contributed by atoms with van der Waals surface area (Å²) in [5, 5.41) is 0. The maximum atomic E-state index is 5.31. The maximum Gasteiger partial charge on any atom is 0.118 e. The van der Waals surface area contributed by atoms with Crippen LogP contribution in [-0.2, 0) is 6.54 Å². The molecule has 0 saturated carbocycles. The SMILES string of the molecule is COc1ccc(CN(C)[C@@H](CC(C)C)c2ccccc2N2CCCCC2)cc1. The van der Waals surface area contributed by atoms with E-state index >= 15 is 0 Å². The van der Waals surface area contributed by atoms with Crippen molar-refractivity contribution in [3.8, 4) is 5.75 Å². The standard InChI is InChI=1S/C25H36N2O/c1-20(2)18-25(26(3)19-21-12-14-22(28-4)15-13-21)23-10-6-7-11-24(23)27-16-8-5-9-17-27/h6-7,10-15,20,25H,5,8-9,16-19H2,1-4H3/t25-/m0/s1. The molecule has 1 heterocycles. The molecule has 0 N–H and O–H groups in total. The molecule has 0 unspecified atom stereocenters. The molecule has 1 fully saturated rings. The van der Waals surface area contributed by atoms with Crippen molar-refractivity contribution < 1.29 is 4.74 Å². The first kappa shape index (κ1) is 20.7. The van der Waals surface area contributed by atoms with E-state index in [2.05, 4.69) is 79.2 Å². The van der Waals surface area contributed by atoms with Crippen LogP contribution in [0.4, 0.5) is 5.69 Å². The molecule has 28 heavy (non-hydrogen) atoms. The lowest BCUT2D eigenvalue weighted by Gasteiger charge is -2.36. The Morgan fingerprint density at radius 1 is 0.964 bits per heavy atom. The molecular weight excluding hydrogens is 344 g/mol. The fourth-order valence-corrected chi connectivity index (χ4v) is 4.31.